The summed E-state index contributed by atoms with van der Waals surface area (Å²) in [5, 5.41) is 3.06. The van der Waals surface area contributed by atoms with Crippen molar-refractivity contribution in [1.29, 1.82) is 0 Å². The monoisotopic (exact) mass is 251 g/mol. The van der Waals surface area contributed by atoms with Gasteiger partial charge in [-0.3, -0.25) is 0 Å². The van der Waals surface area contributed by atoms with Gasteiger partial charge in [0.2, 0.25) is 5.95 Å². The zero-order chi connectivity index (χ0) is 10.8. The Hall–Kier alpha value is -2.08. The summed E-state index contributed by atoms with van der Waals surface area (Å²) in [6.07, 6.45) is 4.92. The molecule has 0 saturated heterocycles. The minimum atomic E-state index is 0. The van der Waals surface area contributed by atoms with Gasteiger partial charge < -0.3 is 14.7 Å². The number of rotatable bonds is 3. The quantitative estimate of drug-likeness (QED) is 0.744. The van der Waals surface area contributed by atoms with Gasteiger partial charge in [-0.1, -0.05) is 0 Å². The second kappa shape index (κ2) is 4.84. The molecule has 0 fully saturated rings. The first kappa shape index (κ1) is 11.4. The maximum atomic E-state index is 5.19. The molecule has 2 N–H and O–H groups in total. The van der Waals surface area contributed by atoms with Gasteiger partial charge in [0, 0.05) is 0 Å². The summed E-state index contributed by atoms with van der Waals surface area (Å²) in [4.78, 5) is 15.4. The molecule has 0 atom stereocenters. The molecule has 0 radical (unpaired) electrons. The first-order valence-electron chi connectivity index (χ1n) is 4.84. The van der Waals surface area contributed by atoms with Gasteiger partial charge >= 0.3 is 0 Å². The first-order valence-corrected chi connectivity index (χ1v) is 4.84. The molecule has 0 bridgehead atoms. The van der Waals surface area contributed by atoms with Crippen molar-refractivity contribution in [1.82, 2.24) is 19.9 Å². The topological polar surface area (TPSA) is 79.6 Å². The van der Waals surface area contributed by atoms with Gasteiger partial charge in [-0.15, -0.1) is 12.4 Å². The molecular weight excluding hydrogens is 242 g/mol. The maximum Gasteiger partial charge on any atom is 0.225 e. The largest absolute Gasteiger partial charge is 0.467 e. The number of hydrogen-bond acceptors (Lipinski definition) is 5. The molecule has 0 spiro atoms. The van der Waals surface area contributed by atoms with Crippen LogP contribution in [0.5, 0.6) is 0 Å². The fourth-order valence-electron chi connectivity index (χ4n) is 1.40. The fraction of sp³-hybridized carbons (Fsp3) is 0.100. The highest BCUT2D eigenvalue weighted by Gasteiger charge is 2.02. The number of fused-ring (bicyclic) bond motifs is 1. The van der Waals surface area contributed by atoms with Crippen LogP contribution < -0.4 is 5.32 Å². The number of hydrogen-bond donors (Lipinski definition) is 2. The van der Waals surface area contributed by atoms with E-state index in [4.69, 9.17) is 4.42 Å². The summed E-state index contributed by atoms with van der Waals surface area (Å²) in [6.45, 7) is 0.558. The van der Waals surface area contributed by atoms with E-state index in [9.17, 15) is 0 Å². The first-order chi connectivity index (χ1) is 7.92. The molecule has 6 nitrogen and oxygen atoms in total. The summed E-state index contributed by atoms with van der Waals surface area (Å²) < 4.78 is 5.19. The van der Waals surface area contributed by atoms with Gasteiger partial charge in [0.1, 0.15) is 11.3 Å². The summed E-state index contributed by atoms with van der Waals surface area (Å²) in [6, 6.07) is 3.73. The van der Waals surface area contributed by atoms with Gasteiger partial charge in [0.15, 0.2) is 5.65 Å². The van der Waals surface area contributed by atoms with Gasteiger partial charge in [-0.2, -0.15) is 4.98 Å². The average Bonchev–Trinajstić information content (AvgIpc) is 2.97. The van der Waals surface area contributed by atoms with Crippen LogP contribution in [-0.2, 0) is 6.54 Å². The van der Waals surface area contributed by atoms with E-state index < -0.39 is 0 Å². The average molecular weight is 252 g/mol. The van der Waals surface area contributed by atoms with Gasteiger partial charge in [-0.05, 0) is 12.1 Å². The van der Waals surface area contributed by atoms with Crippen molar-refractivity contribution in [3.8, 4) is 0 Å². The maximum absolute atomic E-state index is 5.19. The molecule has 0 aromatic carbocycles. The summed E-state index contributed by atoms with van der Waals surface area (Å²) in [5.41, 5.74) is 1.47. The molecule has 0 aliphatic heterocycles. The Morgan fingerprint density at radius 2 is 2.29 bits per heavy atom. The number of anilines is 1. The Morgan fingerprint density at radius 3 is 3.12 bits per heavy atom. The standard InChI is InChI=1S/C10H9N5O.ClH/c1-2-7(16-3-1)4-11-10-12-5-8-9(15-10)14-6-13-8;/h1-3,5-6H,4H2,(H2,11,12,13,14,15);1H. The summed E-state index contributed by atoms with van der Waals surface area (Å²) in [5.74, 6) is 1.38. The molecule has 0 unspecified atom stereocenters. The lowest BCUT2D eigenvalue weighted by Gasteiger charge is -2.01. The third kappa shape index (κ3) is 2.36. The minimum absolute atomic E-state index is 0. The SMILES string of the molecule is Cl.c1coc(CNc2ncc3[nH]cnc3n2)c1. The third-order valence-corrected chi connectivity index (χ3v) is 2.18. The van der Waals surface area contributed by atoms with E-state index in [1.165, 1.54) is 0 Å². The fourth-order valence-corrected chi connectivity index (χ4v) is 1.40. The van der Waals surface area contributed by atoms with E-state index in [-0.39, 0.29) is 12.4 Å². The van der Waals surface area contributed by atoms with Crippen molar-refractivity contribution in [2.45, 2.75) is 6.54 Å². The van der Waals surface area contributed by atoms with Crippen molar-refractivity contribution in [2.24, 2.45) is 0 Å². The number of nitrogens with one attached hydrogen (secondary N) is 2. The number of nitrogens with zero attached hydrogens (tertiary/aromatic N) is 3. The van der Waals surface area contributed by atoms with E-state index in [1.54, 1.807) is 18.8 Å². The highest BCUT2D eigenvalue weighted by molar-refractivity contribution is 5.85. The molecule has 0 aliphatic rings. The Morgan fingerprint density at radius 1 is 1.35 bits per heavy atom. The molecule has 7 heteroatoms. The van der Waals surface area contributed by atoms with Crippen LogP contribution in [0.1, 0.15) is 5.76 Å². The van der Waals surface area contributed by atoms with Crippen LogP contribution in [0.2, 0.25) is 0 Å². The summed E-state index contributed by atoms with van der Waals surface area (Å²) in [7, 11) is 0. The van der Waals surface area contributed by atoms with Crippen LogP contribution in [0.15, 0.2) is 35.3 Å². The van der Waals surface area contributed by atoms with Crippen molar-refractivity contribution in [2.75, 3.05) is 5.32 Å². The highest BCUT2D eigenvalue weighted by Crippen LogP contribution is 2.08. The Bertz CT molecular complexity index is 592. The van der Waals surface area contributed by atoms with Crippen LogP contribution in [0.25, 0.3) is 11.2 Å². The third-order valence-electron chi connectivity index (χ3n) is 2.18. The summed E-state index contributed by atoms with van der Waals surface area (Å²) >= 11 is 0. The normalized spacial score (nSPS) is 10.1. The van der Waals surface area contributed by atoms with Crippen LogP contribution >= 0.6 is 12.4 Å². The lowest BCUT2D eigenvalue weighted by Crippen LogP contribution is -2.02. The van der Waals surface area contributed by atoms with Gasteiger partial charge in [-0.25, -0.2) is 9.97 Å². The number of halogens is 1. The molecule has 3 aromatic rings. The second-order valence-electron chi connectivity index (χ2n) is 3.27. The predicted molar refractivity (Wildman–Crippen MR) is 65.0 cm³/mol. The number of aromatic nitrogens is 4. The minimum Gasteiger partial charge on any atom is -0.467 e. The highest BCUT2D eigenvalue weighted by atomic mass is 35.5. The molecule has 3 heterocycles. The van der Waals surface area contributed by atoms with Crippen LogP contribution in [0.4, 0.5) is 5.95 Å². The van der Waals surface area contributed by atoms with Gasteiger partial charge in [0.05, 0.1) is 25.3 Å². The van der Waals surface area contributed by atoms with E-state index in [0.717, 1.165) is 11.3 Å². The molecule has 0 saturated carbocycles. The Balaban J connectivity index is 0.00000108. The van der Waals surface area contributed by atoms with Crippen LogP contribution in [0.3, 0.4) is 0 Å². The molecule has 3 aromatic heterocycles. The van der Waals surface area contributed by atoms with E-state index in [0.29, 0.717) is 18.1 Å². The van der Waals surface area contributed by atoms with Crippen LogP contribution in [0, 0.1) is 0 Å². The van der Waals surface area contributed by atoms with E-state index in [1.807, 2.05) is 12.1 Å². The van der Waals surface area contributed by atoms with E-state index in [2.05, 4.69) is 25.3 Å². The second-order valence-corrected chi connectivity index (χ2v) is 3.27. The zero-order valence-electron chi connectivity index (χ0n) is 8.75. The van der Waals surface area contributed by atoms with E-state index >= 15 is 0 Å². The van der Waals surface area contributed by atoms with Crippen LogP contribution in [-0.4, -0.2) is 19.9 Å². The molecule has 3 rings (SSSR count). The van der Waals surface area contributed by atoms with Crippen molar-refractivity contribution in [3.63, 3.8) is 0 Å². The molecule has 0 amide bonds. The number of furan rings is 1. The zero-order valence-corrected chi connectivity index (χ0v) is 9.57. The van der Waals surface area contributed by atoms with Crippen molar-refractivity contribution in [3.05, 3.63) is 36.7 Å². The lowest BCUT2D eigenvalue weighted by atomic mass is 10.4. The smallest absolute Gasteiger partial charge is 0.225 e. The lowest BCUT2D eigenvalue weighted by molar-refractivity contribution is 0.517. The molecule has 17 heavy (non-hydrogen) atoms. The predicted octanol–water partition coefficient (Wildman–Crippen LogP) is 1.98. The van der Waals surface area contributed by atoms with Gasteiger partial charge in [0.25, 0.3) is 0 Å². The van der Waals surface area contributed by atoms with Crippen molar-refractivity contribution >= 4 is 29.5 Å². The number of aromatic amines is 1. The van der Waals surface area contributed by atoms with Crippen molar-refractivity contribution < 1.29 is 4.42 Å². The number of imidazole rings is 1. The Labute approximate surface area is 103 Å². The molecule has 88 valence electrons. The Kier molecular flexibility index (Phi) is 3.24. The number of H-pyrrole nitrogens is 1. The molecular formula is C10H10ClN5O. The molecule has 0 aliphatic carbocycles.